The fraction of sp³-hybridized carbons (Fsp3) is 0. The molecule has 0 bridgehead atoms. The molecule has 0 unspecified atom stereocenters. The molecule has 0 atom stereocenters. The summed E-state index contributed by atoms with van der Waals surface area (Å²) in [6.07, 6.45) is 0. The van der Waals surface area contributed by atoms with Crippen LogP contribution < -0.4 is 32.8 Å². The SMILES string of the molecule is [B]c1cc([B])c2sc3c([B])c([B])c4c5cc([B])cc([B])c5n(-c5cccc(-c6nc(-c7ccccc7)nc(-c7cccc(-c8ccccc8)c7)n6)c5)c4c3c2c1. The van der Waals surface area contributed by atoms with E-state index in [0.717, 1.165) is 75.5 Å². The van der Waals surface area contributed by atoms with Gasteiger partial charge < -0.3 is 4.57 Å². The highest BCUT2D eigenvalue weighted by molar-refractivity contribution is 7.28. The zero-order valence-corrected chi connectivity index (χ0v) is 30.7. The van der Waals surface area contributed by atoms with E-state index in [9.17, 15) is 0 Å². The van der Waals surface area contributed by atoms with Crippen LogP contribution in [0.25, 0.3) is 93.0 Å². The molecule has 3 aromatic heterocycles. The maximum Gasteiger partial charge on any atom is 0.164 e. The van der Waals surface area contributed by atoms with Crippen molar-refractivity contribution in [1.29, 1.82) is 0 Å². The minimum Gasteiger partial charge on any atom is -0.309 e. The molecule has 0 saturated carbocycles. The van der Waals surface area contributed by atoms with Crippen LogP contribution in [0.2, 0.25) is 0 Å². The Balaban J connectivity index is 1.25. The molecule has 0 aliphatic rings. The third-order valence-corrected chi connectivity index (χ3v) is 11.5. The number of thiophene rings is 1. The smallest absolute Gasteiger partial charge is 0.164 e. The van der Waals surface area contributed by atoms with E-state index in [0.29, 0.717) is 50.3 Å². The van der Waals surface area contributed by atoms with Gasteiger partial charge in [0.25, 0.3) is 0 Å². The first-order chi connectivity index (χ1) is 27.2. The first kappa shape index (κ1) is 34.4. The molecule has 0 amide bonds. The van der Waals surface area contributed by atoms with Crippen LogP contribution in [-0.4, -0.2) is 66.6 Å². The van der Waals surface area contributed by atoms with Gasteiger partial charge in [-0.1, -0.05) is 148 Å². The number of benzene rings is 7. The average molecular weight is 716 g/mol. The van der Waals surface area contributed by atoms with Crippen molar-refractivity contribution in [1.82, 2.24) is 19.5 Å². The Morgan fingerprint density at radius 1 is 0.411 bits per heavy atom. The Bertz CT molecular complexity index is 3220. The third kappa shape index (κ3) is 5.56. The number of hydrogen-bond acceptors (Lipinski definition) is 4. The Labute approximate surface area is 335 Å². The van der Waals surface area contributed by atoms with E-state index < -0.39 is 0 Å². The highest BCUT2D eigenvalue weighted by Gasteiger charge is 2.24. The van der Waals surface area contributed by atoms with Gasteiger partial charge in [-0.15, -0.1) is 11.3 Å². The van der Waals surface area contributed by atoms with Gasteiger partial charge >= 0.3 is 0 Å². The quantitative estimate of drug-likeness (QED) is 0.242. The fourth-order valence-electron chi connectivity index (χ4n) is 7.77. The molecule has 4 nitrogen and oxygen atoms in total. The summed E-state index contributed by atoms with van der Waals surface area (Å²) in [7, 11) is 40.0. The van der Waals surface area contributed by atoms with Crippen LogP contribution in [0, 0.1) is 0 Å². The van der Waals surface area contributed by atoms with Crippen LogP contribution in [0.3, 0.4) is 0 Å². The topological polar surface area (TPSA) is 43.6 Å². The lowest BCUT2D eigenvalue weighted by Gasteiger charge is -2.14. The van der Waals surface area contributed by atoms with Crippen LogP contribution in [0.15, 0.2) is 133 Å². The number of nitrogens with zero attached hydrogens (tertiary/aromatic N) is 4. The minimum atomic E-state index is 0.433. The van der Waals surface area contributed by atoms with E-state index >= 15 is 0 Å². The second-order valence-corrected chi connectivity index (χ2v) is 14.9. The lowest BCUT2D eigenvalue weighted by atomic mass is 9.76. The van der Waals surface area contributed by atoms with Crippen molar-refractivity contribution in [2.24, 2.45) is 0 Å². The summed E-state index contributed by atoms with van der Waals surface area (Å²) in [6.45, 7) is 0. The second kappa shape index (κ2) is 13.3. The van der Waals surface area contributed by atoms with E-state index in [1.165, 1.54) is 11.3 Å². The minimum absolute atomic E-state index is 0.433. The summed E-state index contributed by atoms with van der Waals surface area (Å²) >= 11 is 1.49. The van der Waals surface area contributed by atoms with Crippen LogP contribution >= 0.6 is 11.3 Å². The molecule has 0 aliphatic heterocycles. The standard InChI is InChI=1S/C45H22B6N4S/c46-28-19-31-35-37(50)38(51)42-36(32-20-29(47)22-34(49)41(32)56-42)40(35)55(39(31)33(48)21-28)30-16-8-15-27(18-30)45-53-43(24-11-5-2-6-12-24)52-44(54-45)26-14-7-13-25(17-26)23-9-3-1-4-10-23/h1-22H. The number of aromatic nitrogens is 4. The van der Waals surface area contributed by atoms with E-state index in [-0.39, 0.29) is 0 Å². The van der Waals surface area contributed by atoms with Crippen molar-refractivity contribution in [3.05, 3.63) is 133 Å². The monoisotopic (exact) mass is 716 g/mol. The average Bonchev–Trinajstić information content (AvgIpc) is 3.77. The largest absolute Gasteiger partial charge is 0.309 e. The van der Waals surface area contributed by atoms with Gasteiger partial charge in [-0.25, -0.2) is 15.0 Å². The molecule has 246 valence electrons. The van der Waals surface area contributed by atoms with Crippen molar-refractivity contribution in [3.63, 3.8) is 0 Å². The summed E-state index contributed by atoms with van der Waals surface area (Å²) in [5.41, 5.74) is 10.0. The predicted octanol–water partition coefficient (Wildman–Crippen LogP) is 4.77. The molecule has 12 radical (unpaired) electrons. The highest BCUT2D eigenvalue weighted by Crippen LogP contribution is 2.41. The molecule has 7 aromatic carbocycles. The molecule has 0 saturated heterocycles. The van der Waals surface area contributed by atoms with Gasteiger partial charge in [0.1, 0.15) is 47.1 Å². The molecular weight excluding hydrogens is 693 g/mol. The van der Waals surface area contributed by atoms with Crippen LogP contribution in [0.1, 0.15) is 0 Å². The molecule has 0 fully saturated rings. The summed E-state index contributed by atoms with van der Waals surface area (Å²) in [5, 5.41) is 3.26. The van der Waals surface area contributed by atoms with Crippen molar-refractivity contribution in [2.75, 3.05) is 0 Å². The van der Waals surface area contributed by atoms with Gasteiger partial charge in [0.05, 0.1) is 5.52 Å². The van der Waals surface area contributed by atoms with Gasteiger partial charge in [0, 0.05) is 58.8 Å². The second-order valence-electron chi connectivity index (χ2n) is 13.9. The molecule has 3 heterocycles. The molecule has 0 spiro atoms. The molecular formula is C45H22B6N4S. The molecule has 56 heavy (non-hydrogen) atoms. The fourth-order valence-corrected chi connectivity index (χ4v) is 8.95. The maximum absolute atomic E-state index is 6.95. The summed E-state index contributed by atoms with van der Waals surface area (Å²) in [4.78, 5) is 15.1. The lowest BCUT2D eigenvalue weighted by Crippen LogP contribution is -2.26. The van der Waals surface area contributed by atoms with Crippen LogP contribution in [0.4, 0.5) is 0 Å². The van der Waals surface area contributed by atoms with Crippen molar-refractivity contribution >= 4 is 133 Å². The zero-order chi connectivity index (χ0) is 38.2. The Morgan fingerprint density at radius 2 is 0.964 bits per heavy atom. The first-order valence-corrected chi connectivity index (χ1v) is 18.7. The first-order valence-electron chi connectivity index (χ1n) is 17.9. The van der Waals surface area contributed by atoms with Crippen molar-refractivity contribution in [2.45, 2.75) is 0 Å². The molecule has 0 N–H and O–H groups in total. The van der Waals surface area contributed by atoms with Gasteiger partial charge in [0.15, 0.2) is 17.5 Å². The van der Waals surface area contributed by atoms with Gasteiger partial charge in [-0.3, -0.25) is 0 Å². The Morgan fingerprint density at radius 3 is 1.66 bits per heavy atom. The van der Waals surface area contributed by atoms with Crippen LogP contribution in [0.5, 0.6) is 0 Å². The molecule has 10 rings (SSSR count). The Hall–Kier alpha value is -6.04. The normalized spacial score (nSPS) is 11.6. The summed E-state index contributed by atoms with van der Waals surface area (Å²) in [6, 6.07) is 43.8. The van der Waals surface area contributed by atoms with E-state index in [2.05, 4.69) is 34.9 Å². The van der Waals surface area contributed by atoms with Gasteiger partial charge in [-0.2, -0.15) is 0 Å². The third-order valence-electron chi connectivity index (χ3n) is 10.3. The van der Waals surface area contributed by atoms with E-state index in [1.54, 1.807) is 12.1 Å². The maximum atomic E-state index is 6.95. The Kier molecular flexibility index (Phi) is 8.19. The van der Waals surface area contributed by atoms with Gasteiger partial charge in [-0.05, 0) is 29.3 Å². The van der Waals surface area contributed by atoms with E-state index in [1.807, 2.05) is 91.0 Å². The van der Waals surface area contributed by atoms with Crippen LogP contribution in [-0.2, 0) is 0 Å². The number of hydrogen-bond donors (Lipinski definition) is 0. The highest BCUT2D eigenvalue weighted by atomic mass is 32.1. The number of fused-ring (bicyclic) bond motifs is 7. The van der Waals surface area contributed by atoms with Gasteiger partial charge in [0.2, 0.25) is 0 Å². The number of rotatable bonds is 5. The molecule has 11 heteroatoms. The summed E-state index contributed by atoms with van der Waals surface area (Å²) in [5.74, 6) is 1.62. The molecule has 0 aliphatic carbocycles. The van der Waals surface area contributed by atoms with E-state index in [4.69, 9.17) is 62.0 Å². The summed E-state index contributed by atoms with van der Waals surface area (Å²) < 4.78 is 3.80. The zero-order valence-electron chi connectivity index (χ0n) is 29.9. The lowest BCUT2D eigenvalue weighted by molar-refractivity contribution is 1.07. The predicted molar refractivity (Wildman–Crippen MR) is 241 cm³/mol. The molecule has 10 aromatic rings. The van der Waals surface area contributed by atoms with Crippen molar-refractivity contribution < 1.29 is 0 Å². The van der Waals surface area contributed by atoms with Crippen molar-refractivity contribution in [3.8, 4) is 51.0 Å².